The molecular weight excluding hydrogens is 398 g/mol. The largest absolute Gasteiger partial charge is 0.497 e. The van der Waals surface area contributed by atoms with Gasteiger partial charge in [0.2, 0.25) is 5.91 Å². The number of rotatable bonds is 8. The molecule has 3 aromatic rings. The summed E-state index contributed by atoms with van der Waals surface area (Å²) in [7, 11) is 1.63. The Bertz CT molecular complexity index is 1040. The zero-order valence-electron chi connectivity index (χ0n) is 17.1. The van der Waals surface area contributed by atoms with Gasteiger partial charge >= 0.3 is 0 Å². The van der Waals surface area contributed by atoms with Crippen molar-refractivity contribution in [3.8, 4) is 23.2 Å². The number of thioether (sulfide) groups is 1. The Morgan fingerprint density at radius 2 is 1.87 bits per heavy atom. The Hall–Kier alpha value is -3.31. The first-order valence-electron chi connectivity index (χ1n) is 9.49. The van der Waals surface area contributed by atoms with E-state index in [1.807, 2.05) is 41.0 Å². The zero-order chi connectivity index (χ0) is 21.5. The van der Waals surface area contributed by atoms with E-state index < -0.39 is 0 Å². The summed E-state index contributed by atoms with van der Waals surface area (Å²) in [5, 5.41) is 20.9. The molecule has 1 heterocycles. The number of hydrogen-bond donors (Lipinski definition) is 1. The summed E-state index contributed by atoms with van der Waals surface area (Å²) >= 11 is 1.35. The third kappa shape index (κ3) is 5.19. The Morgan fingerprint density at radius 3 is 2.47 bits per heavy atom. The highest BCUT2D eigenvalue weighted by atomic mass is 32.2. The number of ether oxygens (including phenoxy) is 1. The third-order valence-corrected chi connectivity index (χ3v) is 5.33. The number of hydrogen-bond acceptors (Lipinski definition) is 6. The molecular formula is C22H23N5O2S. The van der Waals surface area contributed by atoms with E-state index in [0.717, 1.165) is 22.7 Å². The number of nitriles is 1. The second kappa shape index (κ2) is 9.94. The molecule has 0 unspecified atom stereocenters. The average molecular weight is 422 g/mol. The first-order valence-corrected chi connectivity index (χ1v) is 10.5. The maximum atomic E-state index is 12.4. The van der Waals surface area contributed by atoms with Gasteiger partial charge in [-0.3, -0.25) is 9.36 Å². The lowest BCUT2D eigenvalue weighted by molar-refractivity contribution is -0.113. The minimum Gasteiger partial charge on any atom is -0.497 e. The molecule has 7 nitrogen and oxygen atoms in total. The van der Waals surface area contributed by atoms with Crippen molar-refractivity contribution in [2.24, 2.45) is 0 Å². The Labute approximate surface area is 180 Å². The number of nitrogens with one attached hydrogen (secondary N) is 1. The highest BCUT2D eigenvalue weighted by Gasteiger charge is 2.18. The second-order valence-electron chi connectivity index (χ2n) is 6.87. The first kappa shape index (κ1) is 21.4. The van der Waals surface area contributed by atoms with Gasteiger partial charge in [-0.2, -0.15) is 5.26 Å². The number of methoxy groups -OCH3 is 1. The minimum absolute atomic E-state index is 0.127. The Kier molecular flexibility index (Phi) is 7.09. The fourth-order valence-corrected chi connectivity index (χ4v) is 3.77. The van der Waals surface area contributed by atoms with Gasteiger partial charge < -0.3 is 10.1 Å². The van der Waals surface area contributed by atoms with Crippen LogP contribution >= 0.6 is 11.8 Å². The number of aromatic nitrogens is 3. The lowest BCUT2D eigenvalue weighted by Gasteiger charge is -2.14. The summed E-state index contributed by atoms with van der Waals surface area (Å²) in [5.41, 5.74) is 2.55. The maximum absolute atomic E-state index is 12.4. The Morgan fingerprint density at radius 1 is 1.17 bits per heavy atom. The van der Waals surface area contributed by atoms with E-state index in [1.165, 1.54) is 11.8 Å². The molecule has 3 rings (SSSR count). The molecule has 154 valence electrons. The molecule has 0 aliphatic heterocycles. The summed E-state index contributed by atoms with van der Waals surface area (Å²) in [6, 6.07) is 17.2. The van der Waals surface area contributed by atoms with Gasteiger partial charge in [-0.25, -0.2) is 0 Å². The number of amides is 1. The molecule has 0 bridgehead atoms. The molecule has 0 fully saturated rings. The molecule has 0 saturated carbocycles. The van der Waals surface area contributed by atoms with Crippen LogP contribution < -0.4 is 10.1 Å². The topological polar surface area (TPSA) is 92.8 Å². The summed E-state index contributed by atoms with van der Waals surface area (Å²) in [6.07, 6.45) is 0.353. The summed E-state index contributed by atoms with van der Waals surface area (Å²) in [5.74, 6) is 1.62. The number of benzene rings is 2. The van der Waals surface area contributed by atoms with Crippen molar-refractivity contribution in [1.82, 2.24) is 14.8 Å². The van der Waals surface area contributed by atoms with Crippen LogP contribution in [0.5, 0.6) is 5.75 Å². The molecule has 0 atom stereocenters. The van der Waals surface area contributed by atoms with Gasteiger partial charge in [-0.1, -0.05) is 23.9 Å². The van der Waals surface area contributed by atoms with Crippen LogP contribution in [0.3, 0.4) is 0 Å². The zero-order valence-corrected chi connectivity index (χ0v) is 17.9. The van der Waals surface area contributed by atoms with Crippen molar-refractivity contribution >= 4 is 23.4 Å². The molecule has 8 heteroatoms. The molecule has 0 saturated heterocycles. The smallest absolute Gasteiger partial charge is 0.234 e. The van der Waals surface area contributed by atoms with Gasteiger partial charge in [-0.15, -0.1) is 10.2 Å². The molecule has 1 amide bonds. The lowest BCUT2D eigenvalue weighted by Crippen LogP contribution is -2.15. The normalized spacial score (nSPS) is 10.6. The molecule has 1 aromatic heterocycles. The maximum Gasteiger partial charge on any atom is 0.234 e. The fourth-order valence-electron chi connectivity index (χ4n) is 2.90. The minimum atomic E-state index is -0.127. The number of anilines is 1. The molecule has 30 heavy (non-hydrogen) atoms. The van der Waals surface area contributed by atoms with E-state index in [-0.39, 0.29) is 17.7 Å². The standard InChI is InChI=1S/C22H23N5O2S/c1-15(2)27-21(17-6-10-19(29-3)11-7-17)25-26-22(27)30-14-20(28)24-18-8-4-16(5-9-18)12-13-23/h4-11,15H,12,14H2,1-3H3,(H,24,28). The second-order valence-corrected chi connectivity index (χ2v) is 7.81. The van der Waals surface area contributed by atoms with E-state index in [4.69, 9.17) is 10.00 Å². The van der Waals surface area contributed by atoms with Crippen molar-refractivity contribution in [2.75, 3.05) is 18.2 Å². The van der Waals surface area contributed by atoms with E-state index >= 15 is 0 Å². The van der Waals surface area contributed by atoms with Crippen LogP contribution in [0.2, 0.25) is 0 Å². The van der Waals surface area contributed by atoms with Gasteiger partial charge in [0.05, 0.1) is 25.4 Å². The third-order valence-electron chi connectivity index (χ3n) is 4.38. The number of nitrogens with zero attached hydrogens (tertiary/aromatic N) is 4. The van der Waals surface area contributed by atoms with Crippen LogP contribution in [0.1, 0.15) is 25.5 Å². The quantitative estimate of drug-likeness (QED) is 0.544. The van der Waals surface area contributed by atoms with Crippen LogP contribution in [-0.2, 0) is 11.2 Å². The van der Waals surface area contributed by atoms with Gasteiger partial charge in [0.25, 0.3) is 0 Å². The van der Waals surface area contributed by atoms with E-state index in [9.17, 15) is 4.79 Å². The van der Waals surface area contributed by atoms with Crippen LogP contribution in [0.15, 0.2) is 53.7 Å². The predicted molar refractivity (Wildman–Crippen MR) is 118 cm³/mol. The van der Waals surface area contributed by atoms with Crippen LogP contribution in [0.4, 0.5) is 5.69 Å². The lowest BCUT2D eigenvalue weighted by atomic mass is 10.1. The van der Waals surface area contributed by atoms with E-state index in [0.29, 0.717) is 17.3 Å². The van der Waals surface area contributed by atoms with Crippen molar-refractivity contribution in [3.05, 3.63) is 54.1 Å². The van der Waals surface area contributed by atoms with Gasteiger partial charge in [0, 0.05) is 17.3 Å². The molecule has 0 spiro atoms. The molecule has 1 N–H and O–H groups in total. The average Bonchev–Trinajstić information content (AvgIpc) is 3.18. The van der Waals surface area contributed by atoms with Gasteiger partial charge in [0.15, 0.2) is 11.0 Å². The number of carbonyl (C=O) groups excluding carboxylic acids is 1. The van der Waals surface area contributed by atoms with Crippen molar-refractivity contribution in [3.63, 3.8) is 0 Å². The molecule has 0 aliphatic carbocycles. The van der Waals surface area contributed by atoms with E-state index in [1.54, 1.807) is 19.2 Å². The summed E-state index contributed by atoms with van der Waals surface area (Å²) in [6.45, 7) is 4.12. The van der Waals surface area contributed by atoms with Gasteiger partial charge in [-0.05, 0) is 55.8 Å². The predicted octanol–water partition coefficient (Wildman–Crippen LogP) is 4.33. The van der Waals surface area contributed by atoms with Crippen molar-refractivity contribution < 1.29 is 9.53 Å². The van der Waals surface area contributed by atoms with Crippen LogP contribution in [0, 0.1) is 11.3 Å². The van der Waals surface area contributed by atoms with Crippen LogP contribution in [0.25, 0.3) is 11.4 Å². The molecule has 0 radical (unpaired) electrons. The first-order chi connectivity index (χ1) is 14.5. The monoisotopic (exact) mass is 421 g/mol. The SMILES string of the molecule is COc1ccc(-c2nnc(SCC(=O)Nc3ccc(CC#N)cc3)n2C(C)C)cc1. The van der Waals surface area contributed by atoms with Crippen LogP contribution in [-0.4, -0.2) is 33.5 Å². The molecule has 0 aliphatic rings. The number of carbonyl (C=O) groups is 1. The van der Waals surface area contributed by atoms with Gasteiger partial charge in [0.1, 0.15) is 5.75 Å². The summed E-state index contributed by atoms with van der Waals surface area (Å²) < 4.78 is 7.24. The molecule has 2 aromatic carbocycles. The van der Waals surface area contributed by atoms with Crippen molar-refractivity contribution in [1.29, 1.82) is 5.26 Å². The highest BCUT2D eigenvalue weighted by Crippen LogP contribution is 2.28. The highest BCUT2D eigenvalue weighted by molar-refractivity contribution is 7.99. The van der Waals surface area contributed by atoms with E-state index in [2.05, 4.69) is 35.4 Å². The Balaban J connectivity index is 1.68. The fraction of sp³-hybridized carbons (Fsp3) is 0.273. The summed E-state index contributed by atoms with van der Waals surface area (Å²) in [4.78, 5) is 12.4. The van der Waals surface area contributed by atoms with Crippen molar-refractivity contribution in [2.45, 2.75) is 31.5 Å².